The summed E-state index contributed by atoms with van der Waals surface area (Å²) in [6, 6.07) is 0. The van der Waals surface area contributed by atoms with Gasteiger partial charge in [-0.2, -0.15) is 0 Å². The molecular weight excluding hydrogens is 160 g/mol. The molecule has 0 spiro atoms. The van der Waals surface area contributed by atoms with E-state index in [0.29, 0.717) is 6.08 Å². The van der Waals surface area contributed by atoms with Crippen molar-refractivity contribution < 1.29 is 19.8 Å². The number of carboxylic acid groups (broad SMARTS) is 1. The molecule has 0 heterocycles. The van der Waals surface area contributed by atoms with Gasteiger partial charge in [-0.1, -0.05) is 20.8 Å². The van der Waals surface area contributed by atoms with Gasteiger partial charge in [0.15, 0.2) is 5.76 Å². The van der Waals surface area contributed by atoms with Crippen LogP contribution in [-0.4, -0.2) is 22.0 Å². The molecule has 0 aromatic rings. The summed E-state index contributed by atoms with van der Waals surface area (Å²) in [5.74, 6) is -2.62. The smallest absolute Gasteiger partial charge is 0.332 e. The lowest BCUT2D eigenvalue weighted by molar-refractivity contribution is -0.132. The maximum atomic E-state index is 11.1. The highest BCUT2D eigenvalue weighted by Crippen LogP contribution is 2.18. The van der Waals surface area contributed by atoms with Crippen LogP contribution in [0, 0.1) is 5.41 Å². The second-order valence-electron chi connectivity index (χ2n) is 3.45. The molecule has 0 aliphatic rings. The molecule has 0 unspecified atom stereocenters. The number of aliphatic hydroxyl groups is 1. The molecule has 12 heavy (non-hydrogen) atoms. The highest BCUT2D eigenvalue weighted by molar-refractivity contribution is 6.01. The van der Waals surface area contributed by atoms with Gasteiger partial charge in [-0.3, -0.25) is 4.79 Å². The van der Waals surface area contributed by atoms with Gasteiger partial charge in [-0.05, 0) is 0 Å². The number of aliphatic carboxylic acids is 1. The Balaban J connectivity index is 4.63. The standard InChI is InChI=1S/C8H12O4/c1-8(2,3)7(12)5(9)4-6(10)11/h4,9H,1-3H3,(H,10,11). The molecule has 0 saturated carbocycles. The van der Waals surface area contributed by atoms with E-state index >= 15 is 0 Å². The van der Waals surface area contributed by atoms with Crippen LogP contribution in [0.25, 0.3) is 0 Å². The van der Waals surface area contributed by atoms with Gasteiger partial charge in [0, 0.05) is 5.41 Å². The average Bonchev–Trinajstić information content (AvgIpc) is 1.82. The van der Waals surface area contributed by atoms with Crippen LogP contribution in [0.15, 0.2) is 11.8 Å². The molecule has 0 bridgehead atoms. The Labute approximate surface area is 70.5 Å². The summed E-state index contributed by atoms with van der Waals surface area (Å²) in [7, 11) is 0. The minimum absolute atomic E-state index is 0.494. The SMILES string of the molecule is CC(C)(C)C(=O)C(O)=CC(=O)O. The third-order valence-electron chi connectivity index (χ3n) is 1.17. The monoisotopic (exact) mass is 172 g/mol. The van der Waals surface area contributed by atoms with Crippen LogP contribution in [0.4, 0.5) is 0 Å². The zero-order chi connectivity index (χ0) is 9.94. The van der Waals surface area contributed by atoms with Gasteiger partial charge < -0.3 is 10.2 Å². The second kappa shape index (κ2) is 3.38. The van der Waals surface area contributed by atoms with Crippen molar-refractivity contribution in [2.75, 3.05) is 0 Å². The first kappa shape index (κ1) is 10.7. The number of aliphatic hydroxyl groups excluding tert-OH is 1. The van der Waals surface area contributed by atoms with Crippen molar-refractivity contribution in [2.24, 2.45) is 5.41 Å². The molecule has 0 aliphatic carbocycles. The van der Waals surface area contributed by atoms with Crippen LogP contribution >= 0.6 is 0 Å². The normalized spacial score (nSPS) is 12.8. The van der Waals surface area contributed by atoms with Crippen molar-refractivity contribution in [3.05, 3.63) is 11.8 Å². The summed E-state index contributed by atoms with van der Waals surface area (Å²) in [6.07, 6.45) is 0.494. The molecule has 0 amide bonds. The number of allylic oxidation sites excluding steroid dienone is 1. The molecule has 4 nitrogen and oxygen atoms in total. The van der Waals surface area contributed by atoms with E-state index in [1.165, 1.54) is 0 Å². The number of rotatable bonds is 2. The number of carbonyl (C=O) groups excluding carboxylic acids is 1. The number of hydrogen-bond donors (Lipinski definition) is 2. The number of carbonyl (C=O) groups is 2. The van der Waals surface area contributed by atoms with Crippen molar-refractivity contribution in [1.29, 1.82) is 0 Å². The number of hydrogen-bond acceptors (Lipinski definition) is 3. The summed E-state index contributed by atoms with van der Waals surface area (Å²) in [4.78, 5) is 21.2. The summed E-state index contributed by atoms with van der Waals surface area (Å²) >= 11 is 0. The molecule has 0 atom stereocenters. The van der Waals surface area contributed by atoms with Crippen molar-refractivity contribution in [3.8, 4) is 0 Å². The minimum Gasteiger partial charge on any atom is -0.504 e. The lowest BCUT2D eigenvalue weighted by Gasteiger charge is -2.14. The van der Waals surface area contributed by atoms with E-state index in [4.69, 9.17) is 10.2 Å². The molecule has 2 N–H and O–H groups in total. The quantitative estimate of drug-likeness (QED) is 0.483. The fraction of sp³-hybridized carbons (Fsp3) is 0.500. The van der Waals surface area contributed by atoms with Gasteiger partial charge in [0.25, 0.3) is 0 Å². The highest BCUT2D eigenvalue weighted by atomic mass is 16.4. The average molecular weight is 172 g/mol. The number of Topliss-reactive ketones (excluding diaryl/α,β-unsaturated/α-hetero) is 1. The molecule has 0 radical (unpaired) electrons. The van der Waals surface area contributed by atoms with E-state index in [1.54, 1.807) is 20.8 Å². The Morgan fingerprint density at radius 2 is 1.58 bits per heavy atom. The van der Waals surface area contributed by atoms with E-state index in [1.807, 2.05) is 0 Å². The van der Waals surface area contributed by atoms with Gasteiger partial charge in [-0.15, -0.1) is 0 Å². The minimum atomic E-state index is -1.33. The Morgan fingerprint density at radius 1 is 1.17 bits per heavy atom. The van der Waals surface area contributed by atoms with E-state index in [-0.39, 0.29) is 0 Å². The van der Waals surface area contributed by atoms with Gasteiger partial charge in [0.1, 0.15) is 0 Å². The van der Waals surface area contributed by atoms with E-state index in [0.717, 1.165) is 0 Å². The lowest BCUT2D eigenvalue weighted by atomic mass is 9.89. The molecule has 4 heteroatoms. The molecule has 68 valence electrons. The van der Waals surface area contributed by atoms with Crippen LogP contribution < -0.4 is 0 Å². The Morgan fingerprint density at radius 3 is 1.83 bits per heavy atom. The van der Waals surface area contributed by atoms with Crippen molar-refractivity contribution in [1.82, 2.24) is 0 Å². The fourth-order valence-electron chi connectivity index (χ4n) is 0.567. The molecule has 0 aliphatic heterocycles. The summed E-state index contributed by atoms with van der Waals surface area (Å²) < 4.78 is 0. The third kappa shape index (κ3) is 3.18. The Bertz CT molecular complexity index is 232. The summed E-state index contributed by atoms with van der Waals surface area (Å²) in [5, 5.41) is 17.2. The van der Waals surface area contributed by atoms with E-state index in [2.05, 4.69) is 0 Å². The fourth-order valence-corrected chi connectivity index (χ4v) is 0.567. The van der Waals surface area contributed by atoms with Crippen LogP contribution in [0.2, 0.25) is 0 Å². The number of carboxylic acids is 1. The molecule has 0 rings (SSSR count). The van der Waals surface area contributed by atoms with Crippen molar-refractivity contribution in [3.63, 3.8) is 0 Å². The zero-order valence-corrected chi connectivity index (χ0v) is 7.29. The van der Waals surface area contributed by atoms with Crippen LogP contribution in [0.1, 0.15) is 20.8 Å². The van der Waals surface area contributed by atoms with Crippen LogP contribution in [0.3, 0.4) is 0 Å². The lowest BCUT2D eigenvalue weighted by Crippen LogP contribution is -2.22. The second-order valence-corrected chi connectivity index (χ2v) is 3.45. The Kier molecular flexibility index (Phi) is 3.01. The van der Waals surface area contributed by atoms with Gasteiger partial charge in [-0.25, -0.2) is 4.79 Å². The summed E-state index contributed by atoms with van der Waals surface area (Å²) in [6.45, 7) is 4.80. The predicted octanol–water partition coefficient (Wildman–Crippen LogP) is 1.13. The maximum Gasteiger partial charge on any atom is 0.332 e. The van der Waals surface area contributed by atoms with Gasteiger partial charge in [0.05, 0.1) is 6.08 Å². The highest BCUT2D eigenvalue weighted by Gasteiger charge is 2.25. The zero-order valence-electron chi connectivity index (χ0n) is 7.29. The summed E-state index contributed by atoms with van der Waals surface area (Å²) in [5.41, 5.74) is -0.754. The first-order valence-corrected chi connectivity index (χ1v) is 3.43. The molecule has 0 aromatic carbocycles. The molecule has 0 saturated heterocycles. The van der Waals surface area contributed by atoms with Gasteiger partial charge in [0.2, 0.25) is 5.78 Å². The Hall–Kier alpha value is -1.32. The first-order valence-electron chi connectivity index (χ1n) is 3.43. The maximum absolute atomic E-state index is 11.1. The third-order valence-corrected chi connectivity index (χ3v) is 1.17. The van der Waals surface area contributed by atoms with Gasteiger partial charge >= 0.3 is 5.97 Å². The molecule has 0 aromatic heterocycles. The van der Waals surface area contributed by atoms with E-state index in [9.17, 15) is 9.59 Å². The molecule has 0 fully saturated rings. The molecular formula is C8H12O4. The van der Waals surface area contributed by atoms with Crippen LogP contribution in [0.5, 0.6) is 0 Å². The topological polar surface area (TPSA) is 74.6 Å². The largest absolute Gasteiger partial charge is 0.504 e. The van der Waals surface area contributed by atoms with Crippen LogP contribution in [-0.2, 0) is 9.59 Å². The first-order chi connectivity index (χ1) is 5.25. The van der Waals surface area contributed by atoms with Crippen molar-refractivity contribution >= 4 is 11.8 Å². The number of ketones is 1. The van der Waals surface area contributed by atoms with E-state index < -0.39 is 22.9 Å². The van der Waals surface area contributed by atoms with Crippen molar-refractivity contribution in [2.45, 2.75) is 20.8 Å². The predicted molar refractivity (Wildman–Crippen MR) is 42.8 cm³/mol.